The van der Waals surface area contributed by atoms with E-state index in [2.05, 4.69) is 26.0 Å². The lowest BCUT2D eigenvalue weighted by Gasteiger charge is -2.30. The highest BCUT2D eigenvalue weighted by Gasteiger charge is 2.38. The van der Waals surface area contributed by atoms with Gasteiger partial charge in [0.15, 0.2) is 0 Å². The highest BCUT2D eigenvalue weighted by molar-refractivity contribution is 6.00. The Labute approximate surface area is 260 Å². The molecule has 2 aromatic rings. The van der Waals surface area contributed by atoms with E-state index < -0.39 is 65.3 Å². The van der Waals surface area contributed by atoms with Gasteiger partial charge in [0.25, 0.3) is 0 Å². The van der Waals surface area contributed by atoms with E-state index in [1.807, 2.05) is 0 Å². The van der Waals surface area contributed by atoms with Crippen LogP contribution in [0.4, 0.5) is 5.69 Å². The summed E-state index contributed by atoms with van der Waals surface area (Å²) in [5, 5.41) is 11.3. The molecule has 4 N–H and O–H groups in total. The van der Waals surface area contributed by atoms with Crippen LogP contribution in [0.2, 0.25) is 0 Å². The molecule has 0 bridgehead atoms. The van der Waals surface area contributed by atoms with E-state index in [9.17, 15) is 33.6 Å². The van der Waals surface area contributed by atoms with Crippen molar-refractivity contribution < 1.29 is 37.9 Å². The van der Waals surface area contributed by atoms with E-state index >= 15 is 0 Å². The SMILES string of the molecule is COC(=O)CCC(=O)N[C@H](C)C(=O)N[C@H](C)C(=O)N1CCC[C@H]1C(=O)N[C@H](C(=O)Nc1ccc2c(C)cc(=O)oc2c1)C(C)C. The highest BCUT2D eigenvalue weighted by Crippen LogP contribution is 2.22. The van der Waals surface area contributed by atoms with E-state index in [0.29, 0.717) is 24.1 Å². The summed E-state index contributed by atoms with van der Waals surface area (Å²) in [5.41, 5.74) is 0.940. The maximum Gasteiger partial charge on any atom is 0.336 e. The van der Waals surface area contributed by atoms with Gasteiger partial charge in [0, 0.05) is 36.2 Å². The van der Waals surface area contributed by atoms with Crippen LogP contribution >= 0.6 is 0 Å². The van der Waals surface area contributed by atoms with Gasteiger partial charge in [-0.05, 0) is 57.2 Å². The maximum atomic E-state index is 13.4. The second kappa shape index (κ2) is 15.3. The monoisotopic (exact) mass is 627 g/mol. The molecule has 5 amide bonds. The Kier molecular flexibility index (Phi) is 11.8. The number of methoxy groups -OCH3 is 1. The molecule has 45 heavy (non-hydrogen) atoms. The van der Waals surface area contributed by atoms with Gasteiger partial charge in [-0.25, -0.2) is 4.79 Å². The topological polar surface area (TPSA) is 193 Å². The number of ether oxygens (including phenoxy) is 1. The van der Waals surface area contributed by atoms with E-state index in [1.54, 1.807) is 39.0 Å². The van der Waals surface area contributed by atoms with Gasteiger partial charge in [-0.15, -0.1) is 0 Å². The third-order valence-electron chi connectivity index (χ3n) is 7.59. The van der Waals surface area contributed by atoms with Gasteiger partial charge >= 0.3 is 11.6 Å². The molecule has 0 aliphatic carbocycles. The van der Waals surface area contributed by atoms with Crippen LogP contribution in [-0.4, -0.2) is 78.2 Å². The van der Waals surface area contributed by atoms with E-state index in [-0.39, 0.29) is 25.3 Å². The molecule has 4 atom stereocenters. The first-order valence-corrected chi connectivity index (χ1v) is 14.8. The van der Waals surface area contributed by atoms with Gasteiger partial charge in [0.1, 0.15) is 29.8 Å². The van der Waals surface area contributed by atoms with Crippen molar-refractivity contribution in [2.45, 2.75) is 84.5 Å². The van der Waals surface area contributed by atoms with Crippen molar-refractivity contribution >= 4 is 52.2 Å². The second-order valence-corrected chi connectivity index (χ2v) is 11.5. The van der Waals surface area contributed by atoms with Crippen LogP contribution in [0.5, 0.6) is 0 Å². The number of rotatable bonds is 12. The third-order valence-corrected chi connectivity index (χ3v) is 7.59. The molecule has 1 aliphatic heterocycles. The predicted molar refractivity (Wildman–Crippen MR) is 164 cm³/mol. The number of hydrogen-bond donors (Lipinski definition) is 4. The summed E-state index contributed by atoms with van der Waals surface area (Å²) in [6, 6.07) is 2.58. The van der Waals surface area contributed by atoms with Gasteiger partial charge in [-0.2, -0.15) is 0 Å². The Bertz CT molecular complexity index is 1520. The molecule has 0 saturated carbocycles. The van der Waals surface area contributed by atoms with Crippen molar-refractivity contribution in [3.8, 4) is 0 Å². The molecule has 1 saturated heterocycles. The molecular formula is C31H41N5O9. The zero-order valence-electron chi connectivity index (χ0n) is 26.4. The normalized spacial score (nSPS) is 16.4. The van der Waals surface area contributed by atoms with Gasteiger partial charge in [0.2, 0.25) is 29.5 Å². The Balaban J connectivity index is 1.60. The number of esters is 1. The van der Waals surface area contributed by atoms with Gasteiger partial charge in [0.05, 0.1) is 13.5 Å². The number of hydrogen-bond acceptors (Lipinski definition) is 9. The molecule has 1 aromatic heterocycles. The number of carbonyl (C=O) groups is 6. The summed E-state index contributed by atoms with van der Waals surface area (Å²) in [4.78, 5) is 89.0. The number of fused-ring (bicyclic) bond motifs is 1. The highest BCUT2D eigenvalue weighted by atomic mass is 16.5. The van der Waals surface area contributed by atoms with Crippen molar-refractivity contribution in [3.05, 3.63) is 40.2 Å². The predicted octanol–water partition coefficient (Wildman–Crippen LogP) is 1.13. The fourth-order valence-electron chi connectivity index (χ4n) is 5.06. The lowest BCUT2D eigenvalue weighted by atomic mass is 10.0. The molecule has 14 heteroatoms. The Morgan fingerprint density at radius 3 is 2.33 bits per heavy atom. The summed E-state index contributed by atoms with van der Waals surface area (Å²) in [6.45, 7) is 8.55. The molecule has 3 rings (SSSR count). The fourth-order valence-corrected chi connectivity index (χ4v) is 5.06. The maximum absolute atomic E-state index is 13.4. The lowest BCUT2D eigenvalue weighted by molar-refractivity contribution is -0.142. The Hall–Kier alpha value is -4.75. The quantitative estimate of drug-likeness (QED) is 0.197. The number of nitrogens with zero attached hydrogens (tertiary/aromatic N) is 1. The number of benzene rings is 1. The van der Waals surface area contributed by atoms with Crippen LogP contribution in [-0.2, 0) is 33.5 Å². The molecule has 244 valence electrons. The number of carbonyl (C=O) groups excluding carboxylic acids is 6. The van der Waals surface area contributed by atoms with E-state index in [4.69, 9.17) is 4.42 Å². The zero-order valence-corrected chi connectivity index (χ0v) is 26.4. The van der Waals surface area contributed by atoms with Crippen LogP contribution in [0.15, 0.2) is 33.5 Å². The average Bonchev–Trinajstić information content (AvgIpc) is 3.47. The summed E-state index contributed by atoms with van der Waals surface area (Å²) in [7, 11) is 1.21. The molecule has 1 aliphatic rings. The molecule has 1 aromatic carbocycles. The first kappa shape index (κ1) is 34.7. The summed E-state index contributed by atoms with van der Waals surface area (Å²) in [5.74, 6) is -3.45. The fraction of sp³-hybridized carbons (Fsp3) is 0.516. The summed E-state index contributed by atoms with van der Waals surface area (Å²) in [6.07, 6.45) is 0.641. The summed E-state index contributed by atoms with van der Waals surface area (Å²) < 4.78 is 9.75. The van der Waals surface area contributed by atoms with Crippen molar-refractivity contribution in [1.82, 2.24) is 20.9 Å². The first-order chi connectivity index (χ1) is 21.2. The Morgan fingerprint density at radius 1 is 0.956 bits per heavy atom. The van der Waals surface area contributed by atoms with E-state index in [1.165, 1.54) is 31.9 Å². The van der Waals surface area contributed by atoms with Crippen LogP contribution in [0.1, 0.15) is 58.9 Å². The molecule has 0 spiro atoms. The number of nitrogens with one attached hydrogen (secondary N) is 4. The van der Waals surface area contributed by atoms with Crippen molar-refractivity contribution in [3.63, 3.8) is 0 Å². The van der Waals surface area contributed by atoms with Crippen LogP contribution in [0.25, 0.3) is 11.0 Å². The smallest absolute Gasteiger partial charge is 0.336 e. The largest absolute Gasteiger partial charge is 0.469 e. The van der Waals surface area contributed by atoms with Crippen molar-refractivity contribution in [2.24, 2.45) is 5.92 Å². The molecule has 0 unspecified atom stereocenters. The number of anilines is 1. The lowest BCUT2D eigenvalue weighted by Crippen LogP contribution is -2.57. The number of aryl methyl sites for hydroxylation is 1. The number of likely N-dealkylation sites (tertiary alicyclic amines) is 1. The molecule has 2 heterocycles. The second-order valence-electron chi connectivity index (χ2n) is 11.5. The minimum absolute atomic E-state index is 0.133. The molecule has 14 nitrogen and oxygen atoms in total. The van der Waals surface area contributed by atoms with Crippen LogP contribution in [0, 0.1) is 12.8 Å². The van der Waals surface area contributed by atoms with Crippen LogP contribution in [0.3, 0.4) is 0 Å². The zero-order chi connectivity index (χ0) is 33.4. The first-order valence-electron chi connectivity index (χ1n) is 14.8. The summed E-state index contributed by atoms with van der Waals surface area (Å²) >= 11 is 0. The standard InChI is InChI=1S/C31H41N5O9/c1-16(2)27(30(42)34-20-9-10-21-17(3)14-26(39)45-23(21)15-20)35-29(41)22-8-7-13-36(22)31(43)19(5)33-28(40)18(4)32-24(37)11-12-25(38)44-6/h9-10,14-16,18-19,22,27H,7-8,11-13H2,1-6H3,(H,32,37)(H,33,40)(H,34,42)(H,35,41)/t18-,19-,22+,27+/m1/s1. The van der Waals surface area contributed by atoms with Crippen molar-refractivity contribution in [2.75, 3.05) is 19.0 Å². The average molecular weight is 628 g/mol. The Morgan fingerprint density at radius 2 is 1.67 bits per heavy atom. The van der Waals surface area contributed by atoms with Gasteiger partial charge in [-0.1, -0.05) is 13.8 Å². The molecular weight excluding hydrogens is 586 g/mol. The number of amides is 5. The molecule has 1 fully saturated rings. The van der Waals surface area contributed by atoms with E-state index in [0.717, 1.165) is 10.9 Å². The van der Waals surface area contributed by atoms with Crippen molar-refractivity contribution in [1.29, 1.82) is 0 Å². The minimum atomic E-state index is -0.999. The van der Waals surface area contributed by atoms with Crippen LogP contribution < -0.4 is 26.9 Å². The van der Waals surface area contributed by atoms with Gasteiger partial charge < -0.3 is 35.3 Å². The van der Waals surface area contributed by atoms with Gasteiger partial charge in [-0.3, -0.25) is 28.8 Å². The third kappa shape index (κ3) is 9.13. The minimum Gasteiger partial charge on any atom is -0.469 e. The molecule has 0 radical (unpaired) electrons.